The van der Waals surface area contributed by atoms with Crippen LogP contribution in [0.3, 0.4) is 0 Å². The number of rotatable bonds is 3. The Morgan fingerprint density at radius 1 is 1.29 bits per heavy atom. The second-order valence-electron chi connectivity index (χ2n) is 5.89. The number of fused-ring (bicyclic) bond motifs is 1. The third kappa shape index (κ3) is 3.25. The summed E-state index contributed by atoms with van der Waals surface area (Å²) in [5.41, 5.74) is 0.0958. The molecule has 0 aliphatic carbocycles. The van der Waals surface area contributed by atoms with Crippen LogP contribution < -0.4 is 5.32 Å². The summed E-state index contributed by atoms with van der Waals surface area (Å²) in [7, 11) is 1.41. The summed E-state index contributed by atoms with van der Waals surface area (Å²) in [5, 5.41) is 6.43. The summed E-state index contributed by atoms with van der Waals surface area (Å²) in [6, 6.07) is 6.11. The molecule has 0 saturated carbocycles. The van der Waals surface area contributed by atoms with Crippen LogP contribution in [-0.2, 0) is 13.2 Å². The topological polar surface area (TPSA) is 64.7 Å². The molecule has 1 N–H and O–H groups in total. The van der Waals surface area contributed by atoms with Gasteiger partial charge in [0, 0.05) is 30.5 Å². The van der Waals surface area contributed by atoms with E-state index in [0.717, 1.165) is 16.0 Å². The largest absolute Gasteiger partial charge is 0.435 e. The van der Waals surface area contributed by atoms with Crippen LogP contribution in [-0.4, -0.2) is 25.2 Å². The lowest BCUT2D eigenvalue weighted by Crippen LogP contribution is -2.11. The van der Waals surface area contributed by atoms with E-state index in [-0.39, 0.29) is 15.1 Å². The quantitative estimate of drug-likeness (QED) is 0.515. The number of benzene rings is 1. The maximum absolute atomic E-state index is 13.1. The number of thiophene rings is 1. The van der Waals surface area contributed by atoms with Gasteiger partial charge >= 0.3 is 6.18 Å². The Kier molecular flexibility index (Phi) is 4.39. The van der Waals surface area contributed by atoms with Gasteiger partial charge in [-0.2, -0.15) is 18.3 Å². The summed E-state index contributed by atoms with van der Waals surface area (Å²) < 4.78 is 42.1. The Morgan fingerprint density at radius 2 is 2.07 bits per heavy atom. The lowest BCUT2D eigenvalue weighted by molar-refractivity contribution is -0.140. The van der Waals surface area contributed by atoms with Crippen LogP contribution in [0.25, 0.3) is 15.9 Å². The fourth-order valence-electron chi connectivity index (χ4n) is 2.75. The van der Waals surface area contributed by atoms with Crippen molar-refractivity contribution >= 4 is 44.7 Å². The third-order valence-electron chi connectivity index (χ3n) is 3.99. The molecule has 144 valence electrons. The van der Waals surface area contributed by atoms with Gasteiger partial charge in [-0.15, -0.1) is 11.3 Å². The first-order chi connectivity index (χ1) is 13.2. The molecule has 4 aromatic rings. The number of aromatic nitrogens is 4. The second kappa shape index (κ2) is 6.64. The van der Waals surface area contributed by atoms with Gasteiger partial charge in [0.2, 0.25) is 0 Å². The van der Waals surface area contributed by atoms with E-state index in [1.807, 2.05) is 0 Å². The van der Waals surface area contributed by atoms with Crippen LogP contribution in [0.15, 0.2) is 43.0 Å². The summed E-state index contributed by atoms with van der Waals surface area (Å²) in [4.78, 5) is 16.9. The van der Waals surface area contributed by atoms with Gasteiger partial charge in [0.25, 0.3) is 5.91 Å². The molecule has 0 unspecified atom stereocenters. The lowest BCUT2D eigenvalue weighted by atomic mass is 10.2. The summed E-state index contributed by atoms with van der Waals surface area (Å²) >= 11 is 7.19. The van der Waals surface area contributed by atoms with Crippen LogP contribution in [0.1, 0.15) is 15.4 Å². The summed E-state index contributed by atoms with van der Waals surface area (Å²) in [6.07, 6.45) is 0.328. The van der Waals surface area contributed by atoms with Gasteiger partial charge in [-0.25, -0.2) is 4.98 Å². The number of carbonyl (C=O) groups is 1. The number of nitrogens with zero attached hydrogens (tertiary/aromatic N) is 4. The minimum absolute atomic E-state index is 0.0985. The van der Waals surface area contributed by atoms with Crippen molar-refractivity contribution in [3.8, 4) is 5.69 Å². The Labute approximate surface area is 165 Å². The highest BCUT2D eigenvalue weighted by Crippen LogP contribution is 2.37. The Morgan fingerprint density at radius 3 is 2.71 bits per heavy atom. The van der Waals surface area contributed by atoms with Crippen LogP contribution in [0.4, 0.5) is 18.9 Å². The molecule has 3 aromatic heterocycles. The highest BCUT2D eigenvalue weighted by atomic mass is 35.5. The van der Waals surface area contributed by atoms with Crippen LogP contribution in [0, 0.1) is 0 Å². The van der Waals surface area contributed by atoms with Crippen molar-refractivity contribution in [2.24, 2.45) is 7.05 Å². The van der Waals surface area contributed by atoms with Crippen molar-refractivity contribution in [3.05, 3.63) is 58.6 Å². The van der Waals surface area contributed by atoms with Gasteiger partial charge in [-0.3, -0.25) is 9.48 Å². The van der Waals surface area contributed by atoms with E-state index in [0.29, 0.717) is 16.4 Å². The zero-order valence-electron chi connectivity index (χ0n) is 14.2. The lowest BCUT2D eigenvalue weighted by Gasteiger charge is -2.08. The van der Waals surface area contributed by atoms with Gasteiger partial charge in [0.15, 0.2) is 5.69 Å². The minimum Gasteiger partial charge on any atom is -0.321 e. The van der Waals surface area contributed by atoms with E-state index >= 15 is 0 Å². The molecule has 0 saturated heterocycles. The SMILES string of the molecule is Cn1nc(C(F)(F)F)c2cc(C(=O)Nc3ccc(-n4ccnc4)c(Cl)c3)sc21. The van der Waals surface area contributed by atoms with Gasteiger partial charge < -0.3 is 9.88 Å². The number of nitrogens with one attached hydrogen (secondary N) is 1. The minimum atomic E-state index is -4.59. The number of imidazole rings is 1. The zero-order chi connectivity index (χ0) is 20.1. The molecule has 4 rings (SSSR count). The molecule has 0 bridgehead atoms. The molecule has 0 aliphatic heterocycles. The van der Waals surface area contributed by atoms with Crippen LogP contribution >= 0.6 is 22.9 Å². The van der Waals surface area contributed by atoms with E-state index < -0.39 is 17.8 Å². The first-order valence-corrected chi connectivity index (χ1v) is 9.06. The Balaban J connectivity index is 1.61. The highest BCUT2D eigenvalue weighted by molar-refractivity contribution is 7.20. The molecule has 0 atom stereocenters. The molecule has 0 aliphatic rings. The van der Waals surface area contributed by atoms with Crippen molar-refractivity contribution in [3.63, 3.8) is 0 Å². The molecular weight excluding hydrogens is 415 g/mol. The number of hydrogen-bond acceptors (Lipinski definition) is 4. The van der Waals surface area contributed by atoms with Crippen molar-refractivity contribution in [2.45, 2.75) is 6.18 Å². The van der Waals surface area contributed by atoms with Gasteiger partial charge in [0.05, 0.1) is 21.9 Å². The molecule has 11 heteroatoms. The van der Waals surface area contributed by atoms with Crippen molar-refractivity contribution in [1.82, 2.24) is 19.3 Å². The van der Waals surface area contributed by atoms with Crippen LogP contribution in [0.2, 0.25) is 5.02 Å². The van der Waals surface area contributed by atoms with Crippen molar-refractivity contribution in [1.29, 1.82) is 0 Å². The maximum Gasteiger partial charge on any atom is 0.435 e. The molecule has 6 nitrogen and oxygen atoms in total. The number of amides is 1. The van der Waals surface area contributed by atoms with E-state index in [1.165, 1.54) is 13.1 Å². The first-order valence-electron chi connectivity index (χ1n) is 7.87. The van der Waals surface area contributed by atoms with Gasteiger partial charge in [0.1, 0.15) is 4.83 Å². The third-order valence-corrected chi connectivity index (χ3v) is 5.50. The average molecular weight is 426 g/mol. The van der Waals surface area contributed by atoms with E-state index in [2.05, 4.69) is 15.4 Å². The standard InChI is InChI=1S/C17H11ClF3N5OS/c1-25-16-10(14(24-25)17(19,20)21)7-13(28-16)15(27)23-9-2-3-12(11(18)6-9)26-5-4-22-8-26/h2-8H,1H3,(H,23,27). The van der Waals surface area contributed by atoms with Crippen molar-refractivity contribution in [2.75, 3.05) is 5.32 Å². The molecule has 28 heavy (non-hydrogen) atoms. The second-order valence-corrected chi connectivity index (χ2v) is 7.33. The fourth-order valence-corrected chi connectivity index (χ4v) is 4.00. The molecule has 0 spiro atoms. The molecule has 1 aromatic carbocycles. The van der Waals surface area contributed by atoms with E-state index in [9.17, 15) is 18.0 Å². The van der Waals surface area contributed by atoms with E-state index in [1.54, 1.807) is 41.5 Å². The molecule has 0 radical (unpaired) electrons. The number of anilines is 1. The number of alkyl halides is 3. The van der Waals surface area contributed by atoms with Crippen molar-refractivity contribution < 1.29 is 18.0 Å². The molecule has 1 amide bonds. The monoisotopic (exact) mass is 425 g/mol. The number of carbonyl (C=O) groups excluding carboxylic acids is 1. The summed E-state index contributed by atoms with van der Waals surface area (Å²) in [5.74, 6) is -0.527. The normalized spacial score (nSPS) is 11.9. The smallest absolute Gasteiger partial charge is 0.321 e. The average Bonchev–Trinajstić information content (AvgIpc) is 3.32. The molecule has 3 heterocycles. The van der Waals surface area contributed by atoms with Crippen LogP contribution in [0.5, 0.6) is 0 Å². The van der Waals surface area contributed by atoms with Gasteiger partial charge in [-0.05, 0) is 24.3 Å². The number of halogens is 4. The van der Waals surface area contributed by atoms with E-state index in [4.69, 9.17) is 11.6 Å². The highest BCUT2D eigenvalue weighted by Gasteiger charge is 2.37. The first kappa shape index (κ1) is 18.5. The predicted octanol–water partition coefficient (Wildman–Crippen LogP) is 4.75. The summed E-state index contributed by atoms with van der Waals surface area (Å²) in [6.45, 7) is 0. The van der Waals surface area contributed by atoms with Gasteiger partial charge in [-0.1, -0.05) is 11.6 Å². The zero-order valence-corrected chi connectivity index (χ0v) is 15.7. The fraction of sp³-hybridized carbons (Fsp3) is 0.118. The Bertz CT molecular complexity index is 1180. The Hall–Kier alpha value is -2.85. The maximum atomic E-state index is 13.1. The molecule has 0 fully saturated rings. The predicted molar refractivity (Wildman–Crippen MR) is 100 cm³/mol. The number of hydrogen-bond donors (Lipinski definition) is 1. The number of aryl methyl sites for hydroxylation is 1. The molecular formula is C17H11ClF3N5OS.